The van der Waals surface area contributed by atoms with Gasteiger partial charge in [0.25, 0.3) is 0 Å². The summed E-state index contributed by atoms with van der Waals surface area (Å²) in [4.78, 5) is 11.2. The summed E-state index contributed by atoms with van der Waals surface area (Å²) in [6, 6.07) is 2.34. The number of nitrogens with zero attached hydrogens (tertiary/aromatic N) is 3. The average molecular weight is 265 g/mol. The summed E-state index contributed by atoms with van der Waals surface area (Å²) in [5, 5.41) is 4.28. The highest BCUT2D eigenvalue weighted by molar-refractivity contribution is 7.98. The zero-order chi connectivity index (χ0) is 12.5. The molecular formula is C12H19N5S. The Morgan fingerprint density at radius 2 is 2.17 bits per heavy atom. The monoisotopic (exact) mass is 265 g/mol. The van der Waals surface area contributed by atoms with Gasteiger partial charge in [-0.3, -0.25) is 0 Å². The van der Waals surface area contributed by atoms with Crippen molar-refractivity contribution in [1.29, 1.82) is 0 Å². The number of fused-ring (bicyclic) bond motifs is 3. The Labute approximate surface area is 112 Å². The van der Waals surface area contributed by atoms with Gasteiger partial charge < -0.3 is 16.0 Å². The second kappa shape index (κ2) is 4.93. The summed E-state index contributed by atoms with van der Waals surface area (Å²) < 4.78 is 0. The predicted molar refractivity (Wildman–Crippen MR) is 74.8 cm³/mol. The van der Waals surface area contributed by atoms with Gasteiger partial charge in [0.05, 0.1) is 0 Å². The molecule has 0 spiro atoms. The van der Waals surface area contributed by atoms with Gasteiger partial charge in [-0.15, -0.1) is 0 Å². The SMILES string of the molecule is CSc1nc(N)cc(NC2CN3CCC2CC3)n1. The lowest BCUT2D eigenvalue weighted by atomic mass is 9.84. The number of piperidine rings is 3. The summed E-state index contributed by atoms with van der Waals surface area (Å²) in [6.07, 6.45) is 4.56. The fraction of sp³-hybridized carbons (Fsp3) is 0.667. The molecule has 18 heavy (non-hydrogen) atoms. The number of rotatable bonds is 3. The molecule has 6 heteroatoms. The first-order chi connectivity index (χ1) is 8.74. The van der Waals surface area contributed by atoms with Crippen molar-refractivity contribution in [3.05, 3.63) is 6.07 Å². The molecule has 3 saturated heterocycles. The Balaban J connectivity index is 1.74. The molecule has 3 aliphatic heterocycles. The molecule has 0 aromatic carbocycles. The molecule has 0 amide bonds. The third kappa shape index (κ3) is 2.40. The van der Waals surface area contributed by atoms with Gasteiger partial charge in [-0.2, -0.15) is 0 Å². The molecule has 2 bridgehead atoms. The summed E-state index contributed by atoms with van der Waals surface area (Å²) >= 11 is 1.52. The molecule has 0 radical (unpaired) electrons. The van der Waals surface area contributed by atoms with Crippen molar-refractivity contribution in [3.8, 4) is 0 Å². The molecule has 5 nitrogen and oxygen atoms in total. The lowest BCUT2D eigenvalue weighted by Crippen LogP contribution is -2.53. The van der Waals surface area contributed by atoms with Crippen molar-refractivity contribution in [2.45, 2.75) is 24.0 Å². The van der Waals surface area contributed by atoms with E-state index in [0.29, 0.717) is 11.9 Å². The third-order valence-electron chi connectivity index (χ3n) is 3.90. The number of aromatic nitrogens is 2. The molecule has 1 aromatic heterocycles. The van der Waals surface area contributed by atoms with Crippen LogP contribution in [0.15, 0.2) is 11.2 Å². The van der Waals surface area contributed by atoms with Gasteiger partial charge in [-0.1, -0.05) is 11.8 Å². The third-order valence-corrected chi connectivity index (χ3v) is 4.45. The normalized spacial score (nSPS) is 30.4. The van der Waals surface area contributed by atoms with Crippen molar-refractivity contribution in [2.24, 2.45) is 5.92 Å². The molecule has 1 unspecified atom stereocenters. The van der Waals surface area contributed by atoms with Crippen LogP contribution in [0.5, 0.6) is 0 Å². The molecule has 1 aromatic rings. The number of hydrogen-bond donors (Lipinski definition) is 2. The highest BCUT2D eigenvalue weighted by atomic mass is 32.2. The molecule has 0 saturated carbocycles. The van der Waals surface area contributed by atoms with E-state index in [0.717, 1.165) is 23.4 Å². The van der Waals surface area contributed by atoms with E-state index in [-0.39, 0.29) is 0 Å². The standard InChI is InChI=1S/C12H19N5S/c1-18-12-15-10(13)6-11(16-12)14-9-7-17-4-2-8(9)3-5-17/h6,8-9H,2-5,7H2,1H3,(H3,13,14,15,16). The van der Waals surface area contributed by atoms with Gasteiger partial charge in [0.15, 0.2) is 5.16 Å². The second-order valence-corrected chi connectivity index (χ2v) is 5.83. The summed E-state index contributed by atoms with van der Waals surface area (Å²) in [6.45, 7) is 3.64. The highest BCUT2D eigenvalue weighted by Gasteiger charge is 2.34. The predicted octanol–water partition coefficient (Wildman–Crippen LogP) is 1.29. The van der Waals surface area contributed by atoms with Crippen LogP contribution in [0.2, 0.25) is 0 Å². The van der Waals surface area contributed by atoms with Crippen LogP contribution in [0.3, 0.4) is 0 Å². The van der Waals surface area contributed by atoms with Gasteiger partial charge >= 0.3 is 0 Å². The first-order valence-corrected chi connectivity index (χ1v) is 7.64. The number of nitrogens with two attached hydrogens (primary N) is 1. The number of hydrogen-bond acceptors (Lipinski definition) is 6. The van der Waals surface area contributed by atoms with E-state index in [1.807, 2.05) is 12.3 Å². The zero-order valence-electron chi connectivity index (χ0n) is 10.6. The van der Waals surface area contributed by atoms with Crippen LogP contribution in [-0.4, -0.2) is 46.8 Å². The van der Waals surface area contributed by atoms with E-state index in [1.165, 1.54) is 37.7 Å². The summed E-state index contributed by atoms with van der Waals surface area (Å²) in [5.41, 5.74) is 5.80. The number of nitrogens with one attached hydrogen (secondary N) is 1. The van der Waals surface area contributed by atoms with E-state index in [1.54, 1.807) is 0 Å². The van der Waals surface area contributed by atoms with E-state index in [2.05, 4.69) is 20.2 Å². The minimum Gasteiger partial charge on any atom is -0.383 e. The molecule has 3 aliphatic rings. The van der Waals surface area contributed by atoms with Crippen molar-refractivity contribution in [3.63, 3.8) is 0 Å². The fourth-order valence-electron chi connectivity index (χ4n) is 2.93. The lowest BCUT2D eigenvalue weighted by molar-refractivity contribution is 0.0973. The average Bonchev–Trinajstić information content (AvgIpc) is 2.39. The number of anilines is 2. The van der Waals surface area contributed by atoms with Gasteiger partial charge in [0.1, 0.15) is 11.6 Å². The Kier molecular flexibility index (Phi) is 3.30. The quantitative estimate of drug-likeness (QED) is 0.634. The molecule has 3 N–H and O–H groups in total. The fourth-order valence-corrected chi connectivity index (χ4v) is 3.31. The number of thioether (sulfide) groups is 1. The Bertz CT molecular complexity index is 430. The molecular weight excluding hydrogens is 246 g/mol. The molecule has 4 heterocycles. The molecule has 1 atom stereocenters. The highest BCUT2D eigenvalue weighted by Crippen LogP contribution is 2.29. The van der Waals surface area contributed by atoms with Crippen LogP contribution < -0.4 is 11.1 Å². The van der Waals surface area contributed by atoms with Crippen molar-refractivity contribution < 1.29 is 0 Å². The topological polar surface area (TPSA) is 67.1 Å². The second-order valence-electron chi connectivity index (χ2n) is 5.05. The van der Waals surface area contributed by atoms with Crippen LogP contribution in [0.25, 0.3) is 0 Å². The maximum absolute atomic E-state index is 5.80. The molecule has 3 fully saturated rings. The van der Waals surface area contributed by atoms with E-state index in [4.69, 9.17) is 5.73 Å². The van der Waals surface area contributed by atoms with Crippen LogP contribution in [0.1, 0.15) is 12.8 Å². The van der Waals surface area contributed by atoms with Gasteiger partial charge in [-0.25, -0.2) is 9.97 Å². The number of nitrogen functional groups attached to an aromatic ring is 1. The van der Waals surface area contributed by atoms with Gasteiger partial charge in [0, 0.05) is 18.7 Å². The van der Waals surface area contributed by atoms with Crippen LogP contribution >= 0.6 is 11.8 Å². The van der Waals surface area contributed by atoms with Crippen LogP contribution in [-0.2, 0) is 0 Å². The maximum atomic E-state index is 5.80. The first kappa shape index (κ1) is 12.0. The van der Waals surface area contributed by atoms with E-state index >= 15 is 0 Å². The first-order valence-electron chi connectivity index (χ1n) is 6.42. The Morgan fingerprint density at radius 3 is 2.78 bits per heavy atom. The van der Waals surface area contributed by atoms with Gasteiger partial charge in [0.2, 0.25) is 0 Å². The summed E-state index contributed by atoms with van der Waals surface area (Å²) in [7, 11) is 0. The Morgan fingerprint density at radius 1 is 1.39 bits per heavy atom. The van der Waals surface area contributed by atoms with Gasteiger partial charge in [-0.05, 0) is 38.1 Å². The molecule has 98 valence electrons. The minimum absolute atomic E-state index is 0.511. The van der Waals surface area contributed by atoms with Crippen molar-refractivity contribution in [2.75, 3.05) is 36.9 Å². The van der Waals surface area contributed by atoms with Crippen molar-refractivity contribution >= 4 is 23.4 Å². The Hall–Kier alpha value is -1.01. The summed E-state index contributed by atoms with van der Waals surface area (Å²) in [5.74, 6) is 2.19. The lowest BCUT2D eigenvalue weighted by Gasteiger charge is -2.45. The smallest absolute Gasteiger partial charge is 0.191 e. The van der Waals surface area contributed by atoms with E-state index < -0.39 is 0 Å². The zero-order valence-corrected chi connectivity index (χ0v) is 11.4. The van der Waals surface area contributed by atoms with Crippen LogP contribution in [0, 0.1) is 5.92 Å². The van der Waals surface area contributed by atoms with Crippen LogP contribution in [0.4, 0.5) is 11.6 Å². The largest absolute Gasteiger partial charge is 0.383 e. The molecule has 4 rings (SSSR count). The minimum atomic E-state index is 0.511. The van der Waals surface area contributed by atoms with E-state index in [9.17, 15) is 0 Å². The molecule has 0 aliphatic carbocycles. The maximum Gasteiger partial charge on any atom is 0.191 e. The van der Waals surface area contributed by atoms with Crippen molar-refractivity contribution in [1.82, 2.24) is 14.9 Å².